The predicted molar refractivity (Wildman–Crippen MR) is 68.5 cm³/mol. The summed E-state index contributed by atoms with van der Waals surface area (Å²) < 4.78 is 36.9. The molecule has 96 valence electrons. The van der Waals surface area contributed by atoms with E-state index in [1.165, 1.54) is 18.4 Å². The number of hydrogen-bond donors (Lipinski definition) is 2. The fourth-order valence-corrected chi connectivity index (χ4v) is 2.86. The number of benzene rings is 1. The Morgan fingerprint density at radius 2 is 2.12 bits per heavy atom. The third-order valence-corrected chi connectivity index (χ3v) is 4.36. The molecule has 0 radical (unpaired) electrons. The molecule has 5 nitrogen and oxygen atoms in total. The molecule has 0 bridgehead atoms. The molecule has 0 fully saturated rings. The molecule has 0 aliphatic rings. The van der Waals surface area contributed by atoms with Crippen molar-refractivity contribution in [1.82, 2.24) is 4.72 Å². The van der Waals surface area contributed by atoms with Crippen molar-refractivity contribution in [1.29, 1.82) is 0 Å². The van der Waals surface area contributed by atoms with Gasteiger partial charge in [-0.3, -0.25) is 4.21 Å². The molecule has 1 aromatic rings. The van der Waals surface area contributed by atoms with Crippen LogP contribution in [-0.4, -0.2) is 31.2 Å². The van der Waals surface area contributed by atoms with Crippen LogP contribution in [-0.2, 0) is 27.4 Å². The van der Waals surface area contributed by atoms with Crippen LogP contribution in [0.25, 0.3) is 0 Å². The normalized spacial score (nSPS) is 13.5. The lowest BCUT2D eigenvalue weighted by molar-refractivity contribution is 0.584. The fraction of sp³-hybridized carbons (Fsp3) is 0.400. The Labute approximate surface area is 104 Å². The first-order valence-electron chi connectivity index (χ1n) is 5.04. The number of nitrogens with two attached hydrogens (primary N) is 1. The SMILES string of the molecule is CS(=O)CCNS(=O)(=O)c1cccc(CN)c1. The van der Waals surface area contributed by atoms with Crippen molar-refractivity contribution in [3.05, 3.63) is 29.8 Å². The lowest BCUT2D eigenvalue weighted by Gasteiger charge is -2.07. The summed E-state index contributed by atoms with van der Waals surface area (Å²) in [5.41, 5.74) is 6.20. The summed E-state index contributed by atoms with van der Waals surface area (Å²) in [6.45, 7) is 0.459. The van der Waals surface area contributed by atoms with Crippen LogP contribution in [0.5, 0.6) is 0 Å². The summed E-state index contributed by atoms with van der Waals surface area (Å²) in [5, 5.41) is 0. The predicted octanol–water partition coefficient (Wildman–Crippen LogP) is -0.198. The van der Waals surface area contributed by atoms with Gasteiger partial charge in [-0.15, -0.1) is 0 Å². The second-order valence-electron chi connectivity index (χ2n) is 3.53. The number of rotatable bonds is 6. The van der Waals surface area contributed by atoms with Crippen molar-refractivity contribution >= 4 is 20.8 Å². The Balaban J connectivity index is 2.78. The van der Waals surface area contributed by atoms with Crippen molar-refractivity contribution < 1.29 is 12.6 Å². The third kappa shape index (κ3) is 4.55. The van der Waals surface area contributed by atoms with Crippen molar-refractivity contribution in [2.75, 3.05) is 18.6 Å². The summed E-state index contributed by atoms with van der Waals surface area (Å²) in [5.74, 6) is 0.301. The highest BCUT2D eigenvalue weighted by Crippen LogP contribution is 2.10. The van der Waals surface area contributed by atoms with E-state index < -0.39 is 20.8 Å². The molecule has 17 heavy (non-hydrogen) atoms. The van der Waals surface area contributed by atoms with Crippen LogP contribution in [0.2, 0.25) is 0 Å². The van der Waals surface area contributed by atoms with Gasteiger partial charge in [-0.05, 0) is 17.7 Å². The summed E-state index contributed by atoms with van der Waals surface area (Å²) in [6.07, 6.45) is 1.53. The minimum absolute atomic E-state index is 0.165. The van der Waals surface area contributed by atoms with Gasteiger partial charge in [0.1, 0.15) is 0 Å². The quantitative estimate of drug-likeness (QED) is 0.753. The van der Waals surface area contributed by atoms with E-state index in [1.54, 1.807) is 12.1 Å². The fourth-order valence-electron chi connectivity index (χ4n) is 1.24. The highest BCUT2D eigenvalue weighted by molar-refractivity contribution is 7.89. The van der Waals surface area contributed by atoms with Crippen molar-refractivity contribution in [3.8, 4) is 0 Å². The molecule has 0 spiro atoms. The molecule has 0 saturated heterocycles. The molecule has 3 N–H and O–H groups in total. The second kappa shape index (κ2) is 6.25. The highest BCUT2D eigenvalue weighted by atomic mass is 32.2. The van der Waals surface area contributed by atoms with E-state index in [9.17, 15) is 12.6 Å². The molecule has 0 aliphatic carbocycles. The van der Waals surface area contributed by atoms with Gasteiger partial charge in [-0.25, -0.2) is 13.1 Å². The molecule has 7 heteroatoms. The van der Waals surface area contributed by atoms with Gasteiger partial charge in [0.2, 0.25) is 10.0 Å². The van der Waals surface area contributed by atoms with Crippen LogP contribution < -0.4 is 10.5 Å². The smallest absolute Gasteiger partial charge is 0.240 e. The lowest BCUT2D eigenvalue weighted by atomic mass is 10.2. The first-order valence-corrected chi connectivity index (χ1v) is 8.25. The third-order valence-electron chi connectivity index (χ3n) is 2.13. The highest BCUT2D eigenvalue weighted by Gasteiger charge is 2.13. The van der Waals surface area contributed by atoms with Crippen LogP contribution in [0.15, 0.2) is 29.2 Å². The van der Waals surface area contributed by atoms with Gasteiger partial charge in [-0.1, -0.05) is 12.1 Å². The monoisotopic (exact) mass is 276 g/mol. The van der Waals surface area contributed by atoms with E-state index >= 15 is 0 Å². The Bertz CT molecular complexity index is 500. The zero-order valence-corrected chi connectivity index (χ0v) is 11.2. The van der Waals surface area contributed by atoms with Crippen molar-refractivity contribution in [2.45, 2.75) is 11.4 Å². The molecular formula is C10H16N2O3S2. The standard InChI is InChI=1S/C10H16N2O3S2/c1-16(13)6-5-12-17(14,15)10-4-2-3-9(7-10)8-11/h2-4,7,12H,5-6,8,11H2,1H3. The maximum Gasteiger partial charge on any atom is 0.240 e. The van der Waals surface area contributed by atoms with Crippen molar-refractivity contribution in [2.24, 2.45) is 5.73 Å². The first-order chi connectivity index (χ1) is 7.95. The van der Waals surface area contributed by atoms with Gasteiger partial charge in [0, 0.05) is 35.9 Å². The second-order valence-corrected chi connectivity index (χ2v) is 6.85. The molecular weight excluding hydrogens is 260 g/mol. The van der Waals surface area contributed by atoms with Gasteiger partial charge < -0.3 is 5.73 Å². The van der Waals surface area contributed by atoms with E-state index in [1.807, 2.05) is 0 Å². The molecule has 0 aliphatic heterocycles. The van der Waals surface area contributed by atoms with Crippen LogP contribution in [0.4, 0.5) is 0 Å². The number of sulfonamides is 1. The largest absolute Gasteiger partial charge is 0.326 e. The zero-order valence-electron chi connectivity index (χ0n) is 9.55. The molecule has 0 amide bonds. The van der Waals surface area contributed by atoms with E-state index in [-0.39, 0.29) is 11.4 Å². The lowest BCUT2D eigenvalue weighted by Crippen LogP contribution is -2.27. The average molecular weight is 276 g/mol. The van der Waals surface area contributed by atoms with E-state index in [0.29, 0.717) is 12.3 Å². The Hall–Kier alpha value is -0.760. The molecule has 0 aromatic heterocycles. The molecule has 1 rings (SSSR count). The topological polar surface area (TPSA) is 89.3 Å². The maximum atomic E-state index is 11.8. The van der Waals surface area contributed by atoms with Crippen molar-refractivity contribution in [3.63, 3.8) is 0 Å². The average Bonchev–Trinajstić information content (AvgIpc) is 2.28. The van der Waals surface area contributed by atoms with E-state index in [2.05, 4.69) is 4.72 Å². The Morgan fingerprint density at radius 1 is 1.41 bits per heavy atom. The molecule has 0 heterocycles. The van der Waals surface area contributed by atoms with Crippen LogP contribution in [0.1, 0.15) is 5.56 Å². The molecule has 1 atom stereocenters. The van der Waals surface area contributed by atoms with Gasteiger partial charge in [0.15, 0.2) is 0 Å². The number of hydrogen-bond acceptors (Lipinski definition) is 4. The summed E-state index contributed by atoms with van der Waals surface area (Å²) in [7, 11) is -4.54. The van der Waals surface area contributed by atoms with Crippen LogP contribution in [0.3, 0.4) is 0 Å². The minimum atomic E-state index is -3.53. The summed E-state index contributed by atoms with van der Waals surface area (Å²) >= 11 is 0. The van der Waals surface area contributed by atoms with Crippen LogP contribution >= 0.6 is 0 Å². The first kappa shape index (κ1) is 14.3. The van der Waals surface area contributed by atoms with Gasteiger partial charge >= 0.3 is 0 Å². The maximum absolute atomic E-state index is 11.8. The van der Waals surface area contributed by atoms with E-state index in [4.69, 9.17) is 5.73 Å². The summed E-state index contributed by atoms with van der Waals surface area (Å²) in [4.78, 5) is 0.183. The summed E-state index contributed by atoms with van der Waals surface area (Å²) in [6, 6.07) is 6.45. The van der Waals surface area contributed by atoms with Gasteiger partial charge in [0.05, 0.1) is 4.90 Å². The Morgan fingerprint density at radius 3 is 2.71 bits per heavy atom. The molecule has 1 unspecified atom stereocenters. The van der Waals surface area contributed by atoms with E-state index in [0.717, 1.165) is 5.56 Å². The van der Waals surface area contributed by atoms with Gasteiger partial charge in [-0.2, -0.15) is 0 Å². The Kier molecular flexibility index (Phi) is 5.26. The minimum Gasteiger partial charge on any atom is -0.326 e. The van der Waals surface area contributed by atoms with Crippen LogP contribution in [0, 0.1) is 0 Å². The number of nitrogens with one attached hydrogen (secondary N) is 1. The van der Waals surface area contributed by atoms with Gasteiger partial charge in [0.25, 0.3) is 0 Å². The molecule has 1 aromatic carbocycles. The zero-order chi connectivity index (χ0) is 12.9. The molecule has 0 saturated carbocycles.